The van der Waals surface area contributed by atoms with Gasteiger partial charge in [0, 0.05) is 24.3 Å². The van der Waals surface area contributed by atoms with E-state index < -0.39 is 10.0 Å². The van der Waals surface area contributed by atoms with E-state index in [1.165, 1.54) is 10.4 Å². The third-order valence-electron chi connectivity index (χ3n) is 4.56. The molecule has 1 N–H and O–H groups in total. The van der Waals surface area contributed by atoms with Crippen LogP contribution in [-0.2, 0) is 10.0 Å². The van der Waals surface area contributed by atoms with Crippen LogP contribution in [-0.4, -0.2) is 31.7 Å². The van der Waals surface area contributed by atoms with Crippen molar-refractivity contribution >= 4 is 21.6 Å². The van der Waals surface area contributed by atoms with E-state index in [-0.39, 0.29) is 10.8 Å². The number of carbonyl (C=O) groups is 1. The fourth-order valence-corrected chi connectivity index (χ4v) is 4.22. The summed E-state index contributed by atoms with van der Waals surface area (Å²) in [5.74, 6) is -0.317. The Morgan fingerprint density at radius 3 is 2.12 bits per heavy atom. The van der Waals surface area contributed by atoms with E-state index in [2.05, 4.69) is 5.32 Å². The number of nitrogens with one attached hydrogen (secondary N) is 1. The predicted molar refractivity (Wildman–Crippen MR) is 105 cm³/mol. The fourth-order valence-electron chi connectivity index (χ4n) is 2.74. The number of hydrogen-bond donors (Lipinski definition) is 1. The van der Waals surface area contributed by atoms with E-state index in [0.717, 1.165) is 16.7 Å². The smallest absolute Gasteiger partial charge is 0.255 e. The second-order valence-corrected chi connectivity index (χ2v) is 8.26. The Morgan fingerprint density at radius 2 is 1.54 bits per heavy atom. The van der Waals surface area contributed by atoms with Crippen LogP contribution in [0.5, 0.6) is 0 Å². The standard InChI is InChI=1S/C20H26N2O3S/c1-6-22(7-2)26(24,25)18-11-9-15(4)19(13-18)20(23)21-17-10-8-14(3)16(5)12-17/h8-13H,6-7H2,1-5H3,(H,21,23). The molecule has 0 saturated carbocycles. The molecule has 0 atom stereocenters. The first-order valence-corrected chi connectivity index (χ1v) is 10.1. The second kappa shape index (κ2) is 8.01. The van der Waals surface area contributed by atoms with Crippen LogP contribution in [0.4, 0.5) is 5.69 Å². The van der Waals surface area contributed by atoms with E-state index >= 15 is 0 Å². The van der Waals surface area contributed by atoms with Gasteiger partial charge in [0.05, 0.1) is 4.90 Å². The topological polar surface area (TPSA) is 66.5 Å². The highest BCUT2D eigenvalue weighted by Gasteiger charge is 2.23. The number of amides is 1. The largest absolute Gasteiger partial charge is 0.322 e. The maximum Gasteiger partial charge on any atom is 0.255 e. The Morgan fingerprint density at radius 1 is 0.923 bits per heavy atom. The van der Waals surface area contributed by atoms with Gasteiger partial charge in [0.15, 0.2) is 0 Å². The third kappa shape index (κ3) is 4.14. The molecule has 0 unspecified atom stereocenters. The number of sulfonamides is 1. The summed E-state index contributed by atoms with van der Waals surface area (Å²) in [6, 6.07) is 10.4. The van der Waals surface area contributed by atoms with E-state index in [4.69, 9.17) is 0 Å². The summed E-state index contributed by atoms with van der Waals surface area (Å²) in [7, 11) is -3.61. The van der Waals surface area contributed by atoms with Gasteiger partial charge in [-0.25, -0.2) is 8.42 Å². The zero-order chi connectivity index (χ0) is 19.5. The Bertz CT molecular complexity index is 917. The van der Waals surface area contributed by atoms with Gasteiger partial charge in [0.1, 0.15) is 0 Å². The van der Waals surface area contributed by atoms with Crippen LogP contribution in [0.15, 0.2) is 41.3 Å². The number of benzene rings is 2. The van der Waals surface area contributed by atoms with Gasteiger partial charge in [0.2, 0.25) is 10.0 Å². The van der Waals surface area contributed by atoms with Crippen molar-refractivity contribution in [3.63, 3.8) is 0 Å². The molecule has 0 heterocycles. The highest BCUT2D eigenvalue weighted by atomic mass is 32.2. The van der Waals surface area contributed by atoms with Crippen molar-refractivity contribution in [1.29, 1.82) is 0 Å². The molecule has 0 fully saturated rings. The molecule has 1 amide bonds. The maximum atomic E-state index is 12.7. The van der Waals surface area contributed by atoms with Crippen LogP contribution < -0.4 is 5.32 Å². The first kappa shape index (κ1) is 20.1. The molecule has 0 spiro atoms. The average Bonchev–Trinajstić information content (AvgIpc) is 2.59. The summed E-state index contributed by atoms with van der Waals surface area (Å²) in [5, 5.41) is 2.86. The Labute approximate surface area is 156 Å². The zero-order valence-corrected chi connectivity index (χ0v) is 16.8. The highest BCUT2D eigenvalue weighted by molar-refractivity contribution is 7.89. The lowest BCUT2D eigenvalue weighted by Gasteiger charge is -2.19. The highest BCUT2D eigenvalue weighted by Crippen LogP contribution is 2.21. The maximum absolute atomic E-state index is 12.7. The molecule has 26 heavy (non-hydrogen) atoms. The number of hydrogen-bond acceptors (Lipinski definition) is 3. The van der Waals surface area contributed by atoms with Crippen LogP contribution in [0.1, 0.15) is 40.9 Å². The second-order valence-electron chi connectivity index (χ2n) is 6.32. The summed E-state index contributed by atoms with van der Waals surface area (Å²) < 4.78 is 26.8. The van der Waals surface area contributed by atoms with Crippen LogP contribution in [0.3, 0.4) is 0 Å². The Hall–Kier alpha value is -2.18. The van der Waals surface area contributed by atoms with Crippen LogP contribution in [0, 0.1) is 20.8 Å². The van der Waals surface area contributed by atoms with Crippen molar-refractivity contribution in [3.8, 4) is 0 Å². The van der Waals surface area contributed by atoms with Gasteiger partial charge in [-0.15, -0.1) is 0 Å². The third-order valence-corrected chi connectivity index (χ3v) is 6.61. The van der Waals surface area contributed by atoms with Gasteiger partial charge in [-0.05, 0) is 61.7 Å². The molecule has 2 aromatic rings. The molecule has 0 aliphatic rings. The summed E-state index contributed by atoms with van der Waals surface area (Å²) in [6.45, 7) is 10.1. The summed E-state index contributed by atoms with van der Waals surface area (Å²) >= 11 is 0. The van der Waals surface area contributed by atoms with E-state index in [0.29, 0.717) is 24.3 Å². The molecule has 5 nitrogen and oxygen atoms in total. The van der Waals surface area contributed by atoms with Crippen molar-refractivity contribution in [2.45, 2.75) is 39.5 Å². The van der Waals surface area contributed by atoms with Crippen molar-refractivity contribution in [2.24, 2.45) is 0 Å². The molecule has 2 rings (SSSR count). The minimum absolute atomic E-state index is 0.136. The normalized spacial score (nSPS) is 11.6. The minimum Gasteiger partial charge on any atom is -0.322 e. The van der Waals surface area contributed by atoms with Crippen molar-refractivity contribution < 1.29 is 13.2 Å². The molecule has 140 valence electrons. The van der Waals surface area contributed by atoms with Crippen LogP contribution in [0.2, 0.25) is 0 Å². The van der Waals surface area contributed by atoms with E-state index in [9.17, 15) is 13.2 Å². The fraction of sp³-hybridized carbons (Fsp3) is 0.350. The Balaban J connectivity index is 2.37. The van der Waals surface area contributed by atoms with Crippen molar-refractivity contribution in [3.05, 3.63) is 58.7 Å². The van der Waals surface area contributed by atoms with Gasteiger partial charge >= 0.3 is 0 Å². The molecule has 2 aromatic carbocycles. The van der Waals surface area contributed by atoms with Gasteiger partial charge in [-0.3, -0.25) is 4.79 Å². The first-order chi connectivity index (χ1) is 12.2. The number of rotatable bonds is 6. The van der Waals surface area contributed by atoms with Crippen molar-refractivity contribution in [1.82, 2.24) is 4.31 Å². The average molecular weight is 375 g/mol. The molecule has 0 radical (unpaired) electrons. The predicted octanol–water partition coefficient (Wildman–Crippen LogP) is 3.89. The van der Waals surface area contributed by atoms with Gasteiger partial charge in [-0.1, -0.05) is 26.0 Å². The zero-order valence-electron chi connectivity index (χ0n) is 16.0. The van der Waals surface area contributed by atoms with Gasteiger partial charge in [-0.2, -0.15) is 4.31 Å². The number of anilines is 1. The number of carbonyl (C=O) groups excluding carboxylic acids is 1. The summed E-state index contributed by atoms with van der Waals surface area (Å²) in [4.78, 5) is 12.8. The summed E-state index contributed by atoms with van der Waals surface area (Å²) in [6.07, 6.45) is 0. The lowest BCUT2D eigenvalue weighted by Crippen LogP contribution is -2.30. The molecule has 6 heteroatoms. The molecule has 0 aliphatic heterocycles. The molecular formula is C20H26N2O3S. The minimum atomic E-state index is -3.61. The molecule has 0 aromatic heterocycles. The Kier molecular flexibility index (Phi) is 6.21. The first-order valence-electron chi connectivity index (χ1n) is 8.70. The molecule has 0 saturated heterocycles. The summed E-state index contributed by atoms with van der Waals surface area (Å²) in [5.41, 5.74) is 4.00. The van der Waals surface area contributed by atoms with Gasteiger partial charge < -0.3 is 5.32 Å². The quantitative estimate of drug-likeness (QED) is 0.834. The monoisotopic (exact) mass is 374 g/mol. The molecular weight excluding hydrogens is 348 g/mol. The lowest BCUT2D eigenvalue weighted by molar-refractivity contribution is 0.102. The van der Waals surface area contributed by atoms with E-state index in [1.54, 1.807) is 32.9 Å². The van der Waals surface area contributed by atoms with Crippen LogP contribution in [0.25, 0.3) is 0 Å². The van der Waals surface area contributed by atoms with Crippen LogP contribution >= 0.6 is 0 Å². The number of nitrogens with zero attached hydrogens (tertiary/aromatic N) is 1. The van der Waals surface area contributed by atoms with Gasteiger partial charge in [0.25, 0.3) is 5.91 Å². The van der Waals surface area contributed by atoms with Crippen molar-refractivity contribution in [2.75, 3.05) is 18.4 Å². The molecule has 0 bridgehead atoms. The SMILES string of the molecule is CCN(CC)S(=O)(=O)c1ccc(C)c(C(=O)Nc2ccc(C)c(C)c2)c1. The van der Waals surface area contributed by atoms with E-state index in [1.807, 2.05) is 32.0 Å². The number of aryl methyl sites for hydroxylation is 3. The lowest BCUT2D eigenvalue weighted by atomic mass is 10.1. The molecule has 0 aliphatic carbocycles.